The molecule has 0 radical (unpaired) electrons. The largest absolute Gasteiger partial charge is 0.726 e. The van der Waals surface area contributed by atoms with Crippen molar-refractivity contribution in [3.8, 4) is 0 Å². The van der Waals surface area contributed by atoms with E-state index in [-0.39, 0.29) is 6.15 Å². The van der Waals surface area contributed by atoms with Crippen LogP contribution in [-0.4, -0.2) is 39.6 Å². The molecule has 0 saturated heterocycles. The summed E-state index contributed by atoms with van der Waals surface area (Å²) in [5.41, 5.74) is 0. The summed E-state index contributed by atoms with van der Waals surface area (Å²) in [5, 5.41) is 0. The number of unbranched alkanes of at least 4 members (excludes halogenated alkanes) is 1. The molecule has 0 spiro atoms. The lowest BCUT2D eigenvalue weighted by molar-refractivity contribution is -0.671. The Morgan fingerprint density at radius 3 is 1.76 bits per heavy atom. The van der Waals surface area contributed by atoms with Gasteiger partial charge in [-0.15, -0.1) is 0 Å². The van der Waals surface area contributed by atoms with Crippen molar-refractivity contribution in [3.05, 3.63) is 18.7 Å². The molecule has 0 bridgehead atoms. The molecular formula is C8H21N3O8S2. The number of aryl methyl sites for hydroxylation is 2. The van der Waals surface area contributed by atoms with Crippen LogP contribution in [0.3, 0.4) is 0 Å². The zero-order valence-corrected chi connectivity index (χ0v) is 13.5. The van der Waals surface area contributed by atoms with Crippen LogP contribution in [0.4, 0.5) is 0 Å². The van der Waals surface area contributed by atoms with Gasteiger partial charge in [-0.25, -0.2) is 26.0 Å². The molecule has 0 aliphatic carbocycles. The summed E-state index contributed by atoms with van der Waals surface area (Å²) in [5.74, 6) is 0. The van der Waals surface area contributed by atoms with Gasteiger partial charge in [0.25, 0.3) is 0 Å². The molecule has 13 heteroatoms. The van der Waals surface area contributed by atoms with Crippen LogP contribution in [0.2, 0.25) is 0 Å². The molecule has 128 valence electrons. The Morgan fingerprint density at radius 1 is 1.14 bits per heavy atom. The first kappa shape index (κ1) is 24.9. The summed E-state index contributed by atoms with van der Waals surface area (Å²) in [7, 11) is -7.79. The maximum atomic E-state index is 8.63. The molecule has 11 nitrogen and oxygen atoms in total. The standard InChI is InChI=1S/C8H15N2.H3N.2H2O4S/c1-3-4-5-10-7-6-9(2)8-10;;2*1-5(2,3)4/h6-8H,3-5H2,1-2H3;1H3;2*(H2,1,2,3,4)/q+1;;;/p-1. The molecule has 0 amide bonds. The van der Waals surface area contributed by atoms with Crippen molar-refractivity contribution in [1.29, 1.82) is 0 Å². The average Bonchev–Trinajstić information content (AvgIpc) is 2.56. The summed E-state index contributed by atoms with van der Waals surface area (Å²) in [4.78, 5) is 0. The molecule has 6 N–H and O–H groups in total. The van der Waals surface area contributed by atoms with Gasteiger partial charge in [0.1, 0.15) is 12.4 Å². The van der Waals surface area contributed by atoms with E-state index in [9.17, 15) is 0 Å². The fourth-order valence-corrected chi connectivity index (χ4v) is 0.975. The van der Waals surface area contributed by atoms with Gasteiger partial charge in [-0.2, -0.15) is 0 Å². The number of imidazole rings is 1. The van der Waals surface area contributed by atoms with E-state index in [0.29, 0.717) is 0 Å². The molecule has 0 unspecified atom stereocenters. The third-order valence-corrected chi connectivity index (χ3v) is 1.59. The van der Waals surface area contributed by atoms with Crippen molar-refractivity contribution in [2.75, 3.05) is 0 Å². The second-order valence-corrected chi connectivity index (χ2v) is 5.24. The lowest BCUT2D eigenvalue weighted by Gasteiger charge is -1.90. The second kappa shape index (κ2) is 11.6. The number of nitrogens with zero attached hydrogens (tertiary/aromatic N) is 2. The van der Waals surface area contributed by atoms with Crippen molar-refractivity contribution in [2.24, 2.45) is 7.05 Å². The van der Waals surface area contributed by atoms with Crippen LogP contribution in [-0.2, 0) is 34.4 Å². The first-order valence-corrected chi connectivity index (χ1v) is 7.93. The topological polar surface area (TPSA) is 200 Å². The fraction of sp³-hybridized carbons (Fsp3) is 0.625. The first-order valence-electron chi connectivity index (χ1n) is 5.20. The molecular weight excluding hydrogens is 330 g/mol. The lowest BCUT2D eigenvalue weighted by Crippen LogP contribution is -2.23. The monoisotopic (exact) mass is 351 g/mol. The van der Waals surface area contributed by atoms with Crippen LogP contribution < -0.4 is 10.7 Å². The van der Waals surface area contributed by atoms with Crippen molar-refractivity contribution >= 4 is 20.8 Å². The second-order valence-electron chi connectivity index (χ2n) is 3.53. The molecule has 1 aromatic rings. The predicted octanol–water partition coefficient (Wildman–Crippen LogP) is -0.502. The van der Waals surface area contributed by atoms with E-state index in [1.165, 1.54) is 12.8 Å². The van der Waals surface area contributed by atoms with Crippen molar-refractivity contribution in [2.45, 2.75) is 26.3 Å². The van der Waals surface area contributed by atoms with Crippen molar-refractivity contribution < 1.29 is 39.6 Å². The van der Waals surface area contributed by atoms with E-state index in [0.717, 1.165) is 6.54 Å². The number of quaternary nitrogens is 1. The van der Waals surface area contributed by atoms with Crippen LogP contribution >= 0.6 is 0 Å². The summed E-state index contributed by atoms with van der Waals surface area (Å²) in [6, 6.07) is 0. The van der Waals surface area contributed by atoms with Crippen LogP contribution in [0.25, 0.3) is 0 Å². The van der Waals surface area contributed by atoms with Gasteiger partial charge in [-0.05, 0) is 6.42 Å². The molecule has 0 aromatic carbocycles. The van der Waals surface area contributed by atoms with E-state index in [1.807, 2.05) is 7.05 Å². The van der Waals surface area contributed by atoms with Gasteiger partial charge in [0.15, 0.2) is 0 Å². The Bertz CT molecular complexity index is 520. The van der Waals surface area contributed by atoms with E-state index in [2.05, 4.69) is 34.8 Å². The van der Waals surface area contributed by atoms with Crippen LogP contribution in [0.15, 0.2) is 18.7 Å². The highest BCUT2D eigenvalue weighted by molar-refractivity contribution is 7.80. The van der Waals surface area contributed by atoms with Crippen LogP contribution in [0.5, 0.6) is 0 Å². The molecule has 0 fully saturated rings. The summed E-state index contributed by atoms with van der Waals surface area (Å²) >= 11 is 0. The van der Waals surface area contributed by atoms with Gasteiger partial charge in [0, 0.05) is 0 Å². The van der Waals surface area contributed by atoms with Gasteiger partial charge in [-0.1, -0.05) is 13.3 Å². The minimum absolute atomic E-state index is 0. The molecule has 0 aliphatic rings. The number of hydrogen-bond donors (Lipinski definition) is 3. The molecule has 0 saturated carbocycles. The molecule has 1 rings (SSSR count). The minimum atomic E-state index is -4.92. The molecule has 21 heavy (non-hydrogen) atoms. The maximum absolute atomic E-state index is 8.63. The van der Waals surface area contributed by atoms with Crippen molar-refractivity contribution in [1.82, 2.24) is 10.7 Å². The normalized spacial score (nSPS) is 10.4. The predicted molar refractivity (Wildman–Crippen MR) is 71.2 cm³/mol. The van der Waals surface area contributed by atoms with Gasteiger partial charge in [0.05, 0.1) is 13.6 Å². The van der Waals surface area contributed by atoms with E-state index in [4.69, 9.17) is 35.0 Å². The number of aromatic nitrogens is 2. The quantitative estimate of drug-likeness (QED) is 0.367. The van der Waals surface area contributed by atoms with E-state index >= 15 is 0 Å². The van der Waals surface area contributed by atoms with Gasteiger partial charge in [-0.3, -0.25) is 9.11 Å². The number of hydrogen-bond acceptors (Lipinski definition) is 6. The number of rotatable bonds is 3. The average molecular weight is 351 g/mol. The highest BCUT2D eigenvalue weighted by Crippen LogP contribution is 1.91. The Morgan fingerprint density at radius 2 is 1.52 bits per heavy atom. The fourth-order valence-electron chi connectivity index (χ4n) is 0.975. The van der Waals surface area contributed by atoms with Crippen molar-refractivity contribution in [3.63, 3.8) is 0 Å². The lowest BCUT2D eigenvalue weighted by atomic mass is 10.3. The third-order valence-electron chi connectivity index (χ3n) is 1.59. The third kappa shape index (κ3) is 38.1. The summed E-state index contributed by atoms with van der Waals surface area (Å²) in [6.45, 7) is 3.36. The minimum Gasteiger partial charge on any atom is -0.726 e. The Labute approximate surface area is 124 Å². The molecule has 0 aliphatic heterocycles. The Hall–Kier alpha value is -1.09. The van der Waals surface area contributed by atoms with E-state index < -0.39 is 20.8 Å². The summed E-state index contributed by atoms with van der Waals surface area (Å²) in [6.07, 6.45) is 8.82. The summed E-state index contributed by atoms with van der Waals surface area (Å²) < 4.78 is 69.9. The first-order chi connectivity index (χ1) is 8.83. The molecule has 1 aromatic heterocycles. The van der Waals surface area contributed by atoms with Gasteiger partial charge >= 0.3 is 0 Å². The Balaban J connectivity index is -0.000000254. The smallest absolute Gasteiger partial charge is 0.243 e. The van der Waals surface area contributed by atoms with Gasteiger partial charge in [0.2, 0.25) is 27.1 Å². The molecule has 0 atom stereocenters. The maximum Gasteiger partial charge on any atom is 0.243 e. The van der Waals surface area contributed by atoms with Crippen LogP contribution in [0.1, 0.15) is 19.8 Å². The molecule has 1 heterocycles. The SMILES string of the molecule is CCCCn1cc[n+](C)c1.O=S(=O)([O-])O.O=S(=O)([O-])O.[NH4+]. The Kier molecular flexibility index (Phi) is 13.7. The van der Waals surface area contributed by atoms with Crippen LogP contribution in [0, 0.1) is 0 Å². The zero-order chi connectivity index (χ0) is 16.4. The highest BCUT2D eigenvalue weighted by Gasteiger charge is 1.96. The highest BCUT2D eigenvalue weighted by atomic mass is 32.3. The zero-order valence-electron chi connectivity index (χ0n) is 11.9. The van der Waals surface area contributed by atoms with E-state index in [1.54, 1.807) is 0 Å². The van der Waals surface area contributed by atoms with Gasteiger partial charge < -0.3 is 15.3 Å².